The largest absolute Gasteiger partial charge is 0.324 e. The molecule has 0 unspecified atom stereocenters. The van der Waals surface area contributed by atoms with Crippen LogP contribution in [-0.2, 0) is 11.3 Å². The fraction of sp³-hybridized carbons (Fsp3) is 0.0741. The quantitative estimate of drug-likeness (QED) is 0.346. The second-order valence-corrected chi connectivity index (χ2v) is 8.36. The van der Waals surface area contributed by atoms with Gasteiger partial charge < -0.3 is 10.2 Å². The minimum Gasteiger partial charge on any atom is -0.324 e. The highest BCUT2D eigenvalue weighted by atomic mass is 79.9. The number of carbonyl (C=O) groups is 2. The van der Waals surface area contributed by atoms with E-state index in [1.165, 1.54) is 0 Å². The van der Waals surface area contributed by atoms with E-state index >= 15 is 0 Å². The monoisotopic (exact) mass is 499 g/mol. The van der Waals surface area contributed by atoms with Crippen LogP contribution in [0.25, 0.3) is 0 Å². The van der Waals surface area contributed by atoms with Gasteiger partial charge in [0, 0.05) is 22.9 Å². The minimum atomic E-state index is -0.857. The molecule has 0 bridgehead atoms. The zero-order valence-electron chi connectivity index (χ0n) is 17.8. The fourth-order valence-corrected chi connectivity index (χ4v) is 3.81. The smallest absolute Gasteiger partial charge is 0.273 e. The van der Waals surface area contributed by atoms with Gasteiger partial charge in [-0.1, -0.05) is 82.7 Å². The summed E-state index contributed by atoms with van der Waals surface area (Å²) in [6.07, 6.45) is 1.58. The van der Waals surface area contributed by atoms with Crippen molar-refractivity contribution < 1.29 is 9.59 Å². The van der Waals surface area contributed by atoms with Crippen molar-refractivity contribution in [3.8, 4) is 0 Å². The zero-order valence-corrected chi connectivity index (χ0v) is 19.4. The Bertz CT molecular complexity index is 1200. The van der Waals surface area contributed by atoms with Gasteiger partial charge in [-0.05, 0) is 47.5 Å². The van der Waals surface area contributed by atoms with Crippen LogP contribution in [0.2, 0.25) is 0 Å². The topological polar surface area (TPSA) is 62.3 Å². The summed E-state index contributed by atoms with van der Waals surface area (Å²) >= 11 is 3.41. The van der Waals surface area contributed by atoms with Crippen molar-refractivity contribution in [2.45, 2.75) is 12.6 Å². The normalized spacial score (nSPS) is 11.4. The summed E-state index contributed by atoms with van der Waals surface area (Å²) in [6, 6.07) is 30.6. The standard InChI is InChI=1S/C27H22BrN3O2/c28-22-14-16-23(17-15-22)30-26(32)25(21-11-5-2-6-12-21)31(19-20-9-3-1-4-10-20)27(33)24-13-7-8-18-29-24/h1-18,25H,19H2,(H,30,32)/t25-/m0/s1. The highest BCUT2D eigenvalue weighted by molar-refractivity contribution is 9.10. The van der Waals surface area contributed by atoms with Crippen LogP contribution >= 0.6 is 15.9 Å². The maximum absolute atomic E-state index is 13.6. The van der Waals surface area contributed by atoms with Crippen LogP contribution in [0.4, 0.5) is 5.69 Å². The lowest BCUT2D eigenvalue weighted by Gasteiger charge is -2.31. The molecule has 0 spiro atoms. The number of hydrogen-bond donors (Lipinski definition) is 1. The molecule has 0 fully saturated rings. The van der Waals surface area contributed by atoms with Crippen LogP contribution in [0.15, 0.2) is 114 Å². The minimum absolute atomic E-state index is 0.254. The Morgan fingerprint density at radius 3 is 2.09 bits per heavy atom. The molecule has 4 rings (SSSR count). The number of benzene rings is 3. The number of halogens is 1. The fourth-order valence-electron chi connectivity index (χ4n) is 3.55. The molecule has 164 valence electrons. The number of hydrogen-bond acceptors (Lipinski definition) is 3. The first kappa shape index (κ1) is 22.4. The molecule has 0 radical (unpaired) electrons. The second-order valence-electron chi connectivity index (χ2n) is 7.44. The van der Waals surface area contributed by atoms with Crippen LogP contribution in [0.1, 0.15) is 27.7 Å². The second kappa shape index (κ2) is 10.7. The third-order valence-electron chi connectivity index (χ3n) is 5.13. The number of amides is 2. The third-order valence-corrected chi connectivity index (χ3v) is 5.66. The molecule has 1 aromatic heterocycles. The first-order valence-corrected chi connectivity index (χ1v) is 11.3. The van der Waals surface area contributed by atoms with E-state index in [0.717, 1.165) is 10.0 Å². The SMILES string of the molecule is O=C(Nc1ccc(Br)cc1)[C@H](c1ccccc1)N(Cc1ccccc1)C(=O)c1ccccn1. The molecule has 3 aromatic carbocycles. The molecule has 1 atom stereocenters. The van der Waals surface area contributed by atoms with Crippen molar-refractivity contribution in [3.63, 3.8) is 0 Å². The summed E-state index contributed by atoms with van der Waals surface area (Å²) in [5, 5.41) is 2.97. The number of anilines is 1. The highest BCUT2D eigenvalue weighted by Gasteiger charge is 2.32. The molecular formula is C27H22BrN3O2. The Kier molecular flexibility index (Phi) is 7.27. The predicted molar refractivity (Wildman–Crippen MR) is 133 cm³/mol. The summed E-state index contributed by atoms with van der Waals surface area (Å²) < 4.78 is 0.913. The number of nitrogens with one attached hydrogen (secondary N) is 1. The van der Waals surface area contributed by atoms with Gasteiger partial charge in [-0.15, -0.1) is 0 Å². The molecule has 1 heterocycles. The Labute approximate surface area is 201 Å². The molecule has 0 aliphatic rings. The molecule has 0 saturated carbocycles. The van der Waals surface area contributed by atoms with E-state index in [0.29, 0.717) is 11.3 Å². The van der Waals surface area contributed by atoms with Crippen molar-refractivity contribution >= 4 is 33.4 Å². The highest BCUT2D eigenvalue weighted by Crippen LogP contribution is 2.27. The van der Waals surface area contributed by atoms with E-state index in [9.17, 15) is 9.59 Å². The Morgan fingerprint density at radius 1 is 0.818 bits per heavy atom. The molecular weight excluding hydrogens is 478 g/mol. The van der Waals surface area contributed by atoms with Gasteiger partial charge in [-0.25, -0.2) is 0 Å². The average molecular weight is 500 g/mol. The molecule has 1 N–H and O–H groups in total. The zero-order chi connectivity index (χ0) is 23.0. The predicted octanol–water partition coefficient (Wildman–Crippen LogP) is 5.87. The lowest BCUT2D eigenvalue weighted by Crippen LogP contribution is -2.41. The first-order chi connectivity index (χ1) is 16.1. The molecule has 0 aliphatic heterocycles. The van der Waals surface area contributed by atoms with Crippen molar-refractivity contribution in [1.82, 2.24) is 9.88 Å². The number of pyridine rings is 1. The van der Waals surface area contributed by atoms with Crippen LogP contribution in [-0.4, -0.2) is 21.7 Å². The van der Waals surface area contributed by atoms with E-state index in [1.807, 2.05) is 84.9 Å². The Balaban J connectivity index is 1.75. The van der Waals surface area contributed by atoms with Crippen LogP contribution in [0.3, 0.4) is 0 Å². The molecule has 6 heteroatoms. The first-order valence-electron chi connectivity index (χ1n) is 10.5. The summed E-state index contributed by atoms with van der Waals surface area (Å²) in [4.78, 5) is 33.1. The maximum atomic E-state index is 13.6. The Hall–Kier alpha value is -3.77. The third kappa shape index (κ3) is 5.73. The molecule has 2 amide bonds. The molecule has 4 aromatic rings. The van der Waals surface area contributed by atoms with Crippen molar-refractivity contribution in [1.29, 1.82) is 0 Å². The van der Waals surface area contributed by atoms with E-state index in [-0.39, 0.29) is 24.1 Å². The summed E-state index contributed by atoms with van der Waals surface area (Å²) in [6.45, 7) is 0.254. The number of carbonyl (C=O) groups excluding carboxylic acids is 2. The van der Waals surface area contributed by atoms with Crippen LogP contribution in [0.5, 0.6) is 0 Å². The lowest BCUT2D eigenvalue weighted by atomic mass is 10.0. The number of nitrogens with zero attached hydrogens (tertiary/aromatic N) is 2. The van der Waals surface area contributed by atoms with Crippen LogP contribution in [0, 0.1) is 0 Å². The van der Waals surface area contributed by atoms with Gasteiger partial charge in [0.15, 0.2) is 0 Å². The van der Waals surface area contributed by atoms with Gasteiger partial charge in [-0.3, -0.25) is 14.6 Å². The van der Waals surface area contributed by atoms with Gasteiger partial charge in [0.25, 0.3) is 11.8 Å². The van der Waals surface area contributed by atoms with Crippen LogP contribution < -0.4 is 5.32 Å². The summed E-state index contributed by atoms with van der Waals surface area (Å²) in [7, 11) is 0. The number of rotatable bonds is 7. The van der Waals surface area contributed by atoms with Gasteiger partial charge in [0.05, 0.1) is 0 Å². The van der Waals surface area contributed by atoms with E-state index in [2.05, 4.69) is 26.2 Å². The summed E-state index contributed by atoms with van der Waals surface area (Å²) in [5.74, 6) is -0.622. The van der Waals surface area contributed by atoms with E-state index < -0.39 is 6.04 Å². The lowest BCUT2D eigenvalue weighted by molar-refractivity contribution is -0.121. The number of aromatic nitrogens is 1. The Morgan fingerprint density at radius 2 is 1.45 bits per heavy atom. The summed E-state index contributed by atoms with van der Waals surface area (Å²) in [5.41, 5.74) is 2.56. The van der Waals surface area contributed by atoms with Crippen molar-refractivity contribution in [2.75, 3.05) is 5.32 Å². The van der Waals surface area contributed by atoms with Crippen molar-refractivity contribution in [3.05, 3.63) is 131 Å². The molecule has 0 saturated heterocycles. The van der Waals surface area contributed by atoms with Gasteiger partial charge in [-0.2, -0.15) is 0 Å². The van der Waals surface area contributed by atoms with Gasteiger partial charge in [0.2, 0.25) is 0 Å². The molecule has 0 aliphatic carbocycles. The van der Waals surface area contributed by atoms with Gasteiger partial charge in [0.1, 0.15) is 11.7 Å². The van der Waals surface area contributed by atoms with Gasteiger partial charge >= 0.3 is 0 Å². The average Bonchev–Trinajstić information content (AvgIpc) is 2.86. The molecule has 5 nitrogen and oxygen atoms in total. The van der Waals surface area contributed by atoms with Crippen molar-refractivity contribution in [2.24, 2.45) is 0 Å². The van der Waals surface area contributed by atoms with E-state index in [1.54, 1.807) is 29.3 Å². The van der Waals surface area contributed by atoms with E-state index in [4.69, 9.17) is 0 Å². The maximum Gasteiger partial charge on any atom is 0.273 e. The molecule has 33 heavy (non-hydrogen) atoms.